The Hall–Kier alpha value is -3.21. The number of unbranched alkanes of at least 4 members (excludes halogenated alkanes) is 3. The lowest BCUT2D eigenvalue weighted by atomic mass is 10.0. The molecule has 3 nitrogen and oxygen atoms in total. The molecule has 154 valence electrons. The molecule has 0 fully saturated rings. The number of aromatic nitrogens is 1. The van der Waals surface area contributed by atoms with Gasteiger partial charge in [-0.25, -0.2) is 13.8 Å². The van der Waals surface area contributed by atoms with E-state index in [9.17, 15) is 8.78 Å². The highest BCUT2D eigenvalue weighted by Gasteiger charge is 2.12. The maximum Gasteiger partial charge on any atom is 0.227 e. The molecule has 0 unspecified atom stereocenters. The van der Waals surface area contributed by atoms with Gasteiger partial charge < -0.3 is 9.15 Å². The van der Waals surface area contributed by atoms with E-state index in [4.69, 9.17) is 9.15 Å². The summed E-state index contributed by atoms with van der Waals surface area (Å²) in [5, 5.41) is 0. The monoisotopic (exact) mass is 407 g/mol. The molecule has 0 atom stereocenters. The normalized spacial score (nSPS) is 11.2. The lowest BCUT2D eigenvalue weighted by Gasteiger charge is -2.06. The van der Waals surface area contributed by atoms with E-state index in [0.29, 0.717) is 34.7 Å². The maximum atomic E-state index is 14.1. The molecule has 1 aromatic heterocycles. The number of hydrogen-bond donors (Lipinski definition) is 0. The van der Waals surface area contributed by atoms with Crippen molar-refractivity contribution in [1.29, 1.82) is 0 Å². The third-order valence-corrected chi connectivity index (χ3v) is 4.98. The van der Waals surface area contributed by atoms with Gasteiger partial charge in [0.15, 0.2) is 5.58 Å². The Balaban J connectivity index is 1.56. The predicted octanol–water partition coefficient (Wildman–Crippen LogP) is 7.40. The molecule has 0 aliphatic heterocycles. The standard InChI is InChI=1S/C25H23F2NO2/c1-2-3-4-5-13-29-20-8-6-7-18(14-20)25-28-23-12-9-17(15-24(23)30-25)21-11-10-19(26)16-22(21)27/h6-12,14-16H,2-5,13H2,1H3. The number of oxazole rings is 1. The first-order chi connectivity index (χ1) is 14.6. The lowest BCUT2D eigenvalue weighted by molar-refractivity contribution is 0.305. The molecule has 0 aliphatic carbocycles. The van der Waals surface area contributed by atoms with Crippen LogP contribution in [-0.4, -0.2) is 11.6 Å². The minimum Gasteiger partial charge on any atom is -0.494 e. The van der Waals surface area contributed by atoms with Crippen LogP contribution in [0, 0.1) is 11.6 Å². The molecule has 0 aliphatic rings. The van der Waals surface area contributed by atoms with Gasteiger partial charge in [0.2, 0.25) is 5.89 Å². The van der Waals surface area contributed by atoms with E-state index in [-0.39, 0.29) is 0 Å². The molecular weight excluding hydrogens is 384 g/mol. The van der Waals surface area contributed by atoms with Gasteiger partial charge in [-0.1, -0.05) is 38.3 Å². The van der Waals surface area contributed by atoms with E-state index in [0.717, 1.165) is 30.2 Å². The van der Waals surface area contributed by atoms with E-state index in [2.05, 4.69) is 11.9 Å². The second-order valence-corrected chi connectivity index (χ2v) is 7.26. The van der Waals surface area contributed by atoms with Gasteiger partial charge in [-0.15, -0.1) is 0 Å². The number of fused-ring (bicyclic) bond motifs is 1. The van der Waals surface area contributed by atoms with Crippen molar-refractivity contribution in [1.82, 2.24) is 4.98 Å². The van der Waals surface area contributed by atoms with E-state index >= 15 is 0 Å². The Bertz CT molecular complexity index is 1150. The van der Waals surface area contributed by atoms with Crippen molar-refractivity contribution in [3.63, 3.8) is 0 Å². The minimum absolute atomic E-state index is 0.315. The Kier molecular flexibility index (Phi) is 6.07. The number of nitrogens with zero attached hydrogens (tertiary/aromatic N) is 1. The Labute approximate surface area is 174 Å². The van der Waals surface area contributed by atoms with Gasteiger partial charge in [0.05, 0.1) is 6.61 Å². The van der Waals surface area contributed by atoms with Gasteiger partial charge in [0.25, 0.3) is 0 Å². The van der Waals surface area contributed by atoms with E-state index in [1.807, 2.05) is 24.3 Å². The Morgan fingerprint density at radius 1 is 0.900 bits per heavy atom. The zero-order valence-corrected chi connectivity index (χ0v) is 16.8. The highest BCUT2D eigenvalue weighted by atomic mass is 19.1. The number of hydrogen-bond acceptors (Lipinski definition) is 3. The average Bonchev–Trinajstić information content (AvgIpc) is 3.17. The summed E-state index contributed by atoms with van der Waals surface area (Å²) in [7, 11) is 0. The number of halogens is 2. The van der Waals surface area contributed by atoms with Gasteiger partial charge in [0, 0.05) is 17.2 Å². The summed E-state index contributed by atoms with van der Waals surface area (Å²) < 4.78 is 39.1. The fraction of sp³-hybridized carbons (Fsp3) is 0.240. The van der Waals surface area contributed by atoms with Crippen molar-refractivity contribution in [3.05, 3.63) is 72.3 Å². The first-order valence-corrected chi connectivity index (χ1v) is 10.2. The summed E-state index contributed by atoms with van der Waals surface area (Å²) >= 11 is 0. The van der Waals surface area contributed by atoms with Crippen molar-refractivity contribution < 1.29 is 17.9 Å². The van der Waals surface area contributed by atoms with Crippen LogP contribution in [0.4, 0.5) is 8.78 Å². The Morgan fingerprint density at radius 3 is 2.63 bits per heavy atom. The van der Waals surface area contributed by atoms with Crippen LogP contribution < -0.4 is 4.74 Å². The topological polar surface area (TPSA) is 35.3 Å². The molecule has 5 heteroatoms. The van der Waals surface area contributed by atoms with E-state index < -0.39 is 11.6 Å². The summed E-state index contributed by atoms with van der Waals surface area (Å²) in [5.74, 6) is 0.0307. The van der Waals surface area contributed by atoms with E-state index in [1.54, 1.807) is 18.2 Å². The summed E-state index contributed by atoms with van der Waals surface area (Å²) in [6, 6.07) is 16.4. The first kappa shape index (κ1) is 20.1. The molecule has 0 bridgehead atoms. The molecule has 30 heavy (non-hydrogen) atoms. The number of benzene rings is 3. The molecule has 3 aromatic carbocycles. The summed E-state index contributed by atoms with van der Waals surface area (Å²) in [4.78, 5) is 4.54. The maximum absolute atomic E-state index is 14.1. The van der Waals surface area contributed by atoms with Crippen LogP contribution >= 0.6 is 0 Å². The van der Waals surface area contributed by atoms with E-state index in [1.165, 1.54) is 25.0 Å². The minimum atomic E-state index is -0.613. The molecule has 0 spiro atoms. The van der Waals surface area contributed by atoms with Crippen LogP contribution in [0.15, 0.2) is 65.1 Å². The lowest BCUT2D eigenvalue weighted by Crippen LogP contribution is -1.97. The van der Waals surface area contributed by atoms with Gasteiger partial charge in [-0.05, 0) is 54.4 Å². The van der Waals surface area contributed by atoms with Gasteiger partial charge in [0.1, 0.15) is 22.9 Å². The molecule has 0 saturated heterocycles. The molecule has 0 saturated carbocycles. The third-order valence-electron chi connectivity index (χ3n) is 4.98. The second kappa shape index (κ2) is 9.08. The number of ether oxygens (including phenoxy) is 1. The number of rotatable bonds is 8. The van der Waals surface area contributed by atoms with Crippen molar-refractivity contribution in [2.24, 2.45) is 0 Å². The zero-order valence-electron chi connectivity index (χ0n) is 16.8. The molecule has 0 amide bonds. The molecule has 0 radical (unpaired) electrons. The summed E-state index contributed by atoms with van der Waals surface area (Å²) in [6.07, 6.45) is 4.61. The first-order valence-electron chi connectivity index (χ1n) is 10.2. The summed E-state index contributed by atoms with van der Waals surface area (Å²) in [6.45, 7) is 2.87. The van der Waals surface area contributed by atoms with Crippen LogP contribution in [-0.2, 0) is 0 Å². The van der Waals surface area contributed by atoms with Crippen LogP contribution in [0.3, 0.4) is 0 Å². The Morgan fingerprint density at radius 2 is 1.80 bits per heavy atom. The second-order valence-electron chi connectivity index (χ2n) is 7.26. The van der Waals surface area contributed by atoms with Crippen molar-refractivity contribution >= 4 is 11.1 Å². The van der Waals surface area contributed by atoms with Crippen molar-refractivity contribution in [3.8, 4) is 28.3 Å². The molecular formula is C25H23F2NO2. The van der Waals surface area contributed by atoms with Crippen molar-refractivity contribution in [2.75, 3.05) is 6.61 Å². The van der Waals surface area contributed by atoms with Crippen LogP contribution in [0.2, 0.25) is 0 Å². The predicted molar refractivity (Wildman–Crippen MR) is 114 cm³/mol. The SMILES string of the molecule is CCCCCCOc1cccc(-c2nc3ccc(-c4ccc(F)cc4F)cc3o2)c1. The van der Waals surface area contributed by atoms with Crippen LogP contribution in [0.5, 0.6) is 5.75 Å². The smallest absolute Gasteiger partial charge is 0.227 e. The van der Waals surface area contributed by atoms with Crippen molar-refractivity contribution in [2.45, 2.75) is 32.6 Å². The molecule has 4 rings (SSSR count). The van der Waals surface area contributed by atoms with Gasteiger partial charge in [-0.3, -0.25) is 0 Å². The highest BCUT2D eigenvalue weighted by molar-refractivity contribution is 5.82. The summed E-state index contributed by atoms with van der Waals surface area (Å²) in [5.41, 5.74) is 2.94. The van der Waals surface area contributed by atoms with Crippen LogP contribution in [0.25, 0.3) is 33.7 Å². The third kappa shape index (κ3) is 4.51. The van der Waals surface area contributed by atoms with Gasteiger partial charge >= 0.3 is 0 Å². The quantitative estimate of drug-likeness (QED) is 0.285. The van der Waals surface area contributed by atoms with Crippen LogP contribution in [0.1, 0.15) is 32.6 Å². The fourth-order valence-electron chi connectivity index (χ4n) is 3.38. The average molecular weight is 407 g/mol. The largest absolute Gasteiger partial charge is 0.494 e. The fourth-order valence-corrected chi connectivity index (χ4v) is 3.38. The van der Waals surface area contributed by atoms with Gasteiger partial charge in [-0.2, -0.15) is 0 Å². The zero-order chi connectivity index (χ0) is 20.9. The highest BCUT2D eigenvalue weighted by Crippen LogP contribution is 2.31. The molecule has 1 heterocycles. The molecule has 0 N–H and O–H groups in total. The molecule has 4 aromatic rings.